The van der Waals surface area contributed by atoms with Gasteiger partial charge in [0, 0.05) is 28.6 Å². The van der Waals surface area contributed by atoms with E-state index < -0.39 is 6.04 Å². The van der Waals surface area contributed by atoms with Crippen molar-refractivity contribution in [2.45, 2.75) is 25.0 Å². The number of para-hydroxylation sites is 1. The molecule has 0 bridgehead atoms. The van der Waals surface area contributed by atoms with E-state index in [0.29, 0.717) is 24.3 Å². The zero-order chi connectivity index (χ0) is 20.2. The van der Waals surface area contributed by atoms with Crippen molar-refractivity contribution in [1.82, 2.24) is 15.2 Å². The Morgan fingerprint density at radius 3 is 2.80 bits per heavy atom. The Labute approximate surface area is 172 Å². The zero-order valence-corrected chi connectivity index (χ0v) is 16.1. The van der Waals surface area contributed by atoms with E-state index in [-0.39, 0.29) is 17.9 Å². The fourth-order valence-corrected chi connectivity index (χ4v) is 4.84. The van der Waals surface area contributed by atoms with Crippen LogP contribution >= 0.6 is 0 Å². The zero-order valence-electron chi connectivity index (χ0n) is 16.1. The van der Waals surface area contributed by atoms with Gasteiger partial charge in [-0.25, -0.2) is 0 Å². The molecule has 0 fully saturated rings. The Kier molecular flexibility index (Phi) is 3.62. The Bertz CT molecular complexity index is 1290. The Morgan fingerprint density at radius 1 is 1.10 bits per heavy atom. The van der Waals surface area contributed by atoms with Crippen LogP contribution in [-0.2, 0) is 17.8 Å². The fraction of sp³-hybridized carbons (Fsp3) is 0.167. The average molecular weight is 397 g/mol. The van der Waals surface area contributed by atoms with Crippen molar-refractivity contribution in [3.05, 3.63) is 95.1 Å². The lowest BCUT2D eigenvalue weighted by atomic mass is 9.90. The molecule has 0 spiro atoms. The molecule has 0 saturated carbocycles. The number of aromatic amines is 1. The van der Waals surface area contributed by atoms with Gasteiger partial charge in [-0.3, -0.25) is 9.59 Å². The molecular weight excluding hydrogens is 378 g/mol. The number of furan rings is 1. The monoisotopic (exact) mass is 397 g/mol. The van der Waals surface area contributed by atoms with Gasteiger partial charge in [0.25, 0.3) is 5.91 Å². The van der Waals surface area contributed by atoms with Crippen LogP contribution in [0.15, 0.2) is 71.3 Å². The molecule has 0 saturated heterocycles. The number of rotatable bonds is 3. The van der Waals surface area contributed by atoms with Crippen LogP contribution in [0.2, 0.25) is 0 Å². The minimum Gasteiger partial charge on any atom is -0.467 e. The van der Waals surface area contributed by atoms with E-state index in [1.807, 2.05) is 48.5 Å². The van der Waals surface area contributed by atoms with Crippen molar-refractivity contribution in [1.29, 1.82) is 0 Å². The van der Waals surface area contributed by atoms with Crippen LogP contribution in [-0.4, -0.2) is 27.7 Å². The summed E-state index contributed by atoms with van der Waals surface area (Å²) in [5, 5.41) is 4.05. The van der Waals surface area contributed by atoms with Crippen LogP contribution in [0.5, 0.6) is 0 Å². The van der Waals surface area contributed by atoms with Gasteiger partial charge in [-0.05, 0) is 35.4 Å². The van der Waals surface area contributed by atoms with Gasteiger partial charge in [0.2, 0.25) is 5.91 Å². The number of hydrogen-bond acceptors (Lipinski definition) is 3. The number of H-pyrrole nitrogens is 1. The first kappa shape index (κ1) is 17.1. The van der Waals surface area contributed by atoms with Crippen molar-refractivity contribution < 1.29 is 14.0 Å². The second-order valence-corrected chi connectivity index (χ2v) is 7.78. The SMILES string of the molecule is O=C(NCc1ccco1)C1Cc2c([nH]c3ccccc23)C2c3ccccc3C(=O)N12. The minimum absolute atomic E-state index is 0.0990. The summed E-state index contributed by atoms with van der Waals surface area (Å²) in [5.74, 6) is 0.408. The summed E-state index contributed by atoms with van der Waals surface area (Å²) in [6.45, 7) is 0.294. The normalized spacial score (nSPS) is 19.5. The Hall–Kier alpha value is -3.80. The largest absolute Gasteiger partial charge is 0.467 e. The van der Waals surface area contributed by atoms with Gasteiger partial charge in [-0.1, -0.05) is 36.4 Å². The van der Waals surface area contributed by atoms with E-state index in [2.05, 4.69) is 16.4 Å². The number of aromatic nitrogens is 1. The number of amides is 2. The molecule has 2 amide bonds. The Balaban J connectivity index is 1.46. The predicted octanol–water partition coefficient (Wildman–Crippen LogP) is 3.55. The highest BCUT2D eigenvalue weighted by atomic mass is 16.3. The van der Waals surface area contributed by atoms with Crippen molar-refractivity contribution in [3.63, 3.8) is 0 Å². The second kappa shape index (κ2) is 6.35. The van der Waals surface area contributed by atoms with Crippen LogP contribution in [0, 0.1) is 0 Å². The minimum atomic E-state index is -0.587. The number of hydrogen-bond donors (Lipinski definition) is 2. The molecule has 6 heteroatoms. The number of carbonyl (C=O) groups is 2. The summed E-state index contributed by atoms with van der Waals surface area (Å²) in [7, 11) is 0. The van der Waals surface area contributed by atoms with Crippen molar-refractivity contribution in [2.24, 2.45) is 0 Å². The first-order chi connectivity index (χ1) is 14.7. The third-order valence-corrected chi connectivity index (χ3v) is 6.17. The van der Waals surface area contributed by atoms with Gasteiger partial charge in [-0.2, -0.15) is 0 Å². The molecule has 0 aliphatic carbocycles. The number of nitrogens with one attached hydrogen (secondary N) is 2. The van der Waals surface area contributed by atoms with Crippen LogP contribution in [0.4, 0.5) is 0 Å². The second-order valence-electron chi connectivity index (χ2n) is 7.78. The molecule has 2 aliphatic heterocycles. The van der Waals surface area contributed by atoms with E-state index in [0.717, 1.165) is 27.7 Å². The highest BCUT2D eigenvalue weighted by Gasteiger charge is 2.48. The smallest absolute Gasteiger partial charge is 0.255 e. The molecule has 6 nitrogen and oxygen atoms in total. The molecule has 4 aromatic rings. The van der Waals surface area contributed by atoms with Crippen molar-refractivity contribution in [2.75, 3.05) is 0 Å². The summed E-state index contributed by atoms with van der Waals surface area (Å²) in [5.41, 5.74) is 4.74. The van der Waals surface area contributed by atoms with E-state index in [1.165, 1.54) is 0 Å². The lowest BCUT2D eigenvalue weighted by molar-refractivity contribution is -0.126. The number of benzene rings is 2. The van der Waals surface area contributed by atoms with Crippen LogP contribution < -0.4 is 5.32 Å². The average Bonchev–Trinajstić information content (AvgIpc) is 3.49. The van der Waals surface area contributed by atoms with Crippen LogP contribution in [0.1, 0.15) is 39.0 Å². The molecule has 2 aromatic carbocycles. The molecule has 0 radical (unpaired) electrons. The summed E-state index contributed by atoms with van der Waals surface area (Å²) >= 11 is 0. The fourth-order valence-electron chi connectivity index (χ4n) is 4.84. The molecule has 2 aromatic heterocycles. The van der Waals surface area contributed by atoms with Crippen LogP contribution in [0.3, 0.4) is 0 Å². The standard InChI is InChI=1S/C24H19N3O3/c28-23(25-13-14-6-5-11-30-14)20-12-18-15-7-3-4-10-19(15)26-21(18)22-16-8-1-2-9-17(16)24(29)27(20)22/h1-11,20,22,26H,12-13H2,(H,25,28). The molecule has 4 heterocycles. The third-order valence-electron chi connectivity index (χ3n) is 6.17. The van der Waals surface area contributed by atoms with E-state index in [4.69, 9.17) is 4.42 Å². The lowest BCUT2D eigenvalue weighted by Gasteiger charge is -2.37. The van der Waals surface area contributed by atoms with Gasteiger partial charge < -0.3 is 19.6 Å². The highest BCUT2D eigenvalue weighted by Crippen LogP contribution is 2.46. The number of carbonyl (C=O) groups excluding carboxylic acids is 2. The Morgan fingerprint density at radius 2 is 1.93 bits per heavy atom. The van der Waals surface area contributed by atoms with Crippen molar-refractivity contribution in [3.8, 4) is 0 Å². The van der Waals surface area contributed by atoms with Gasteiger partial charge in [-0.15, -0.1) is 0 Å². The van der Waals surface area contributed by atoms with E-state index in [9.17, 15) is 9.59 Å². The summed E-state index contributed by atoms with van der Waals surface area (Å²) < 4.78 is 5.33. The first-order valence-electron chi connectivity index (χ1n) is 10.0. The van der Waals surface area contributed by atoms with Crippen molar-refractivity contribution >= 4 is 22.7 Å². The molecule has 2 unspecified atom stereocenters. The highest BCUT2D eigenvalue weighted by molar-refractivity contribution is 6.03. The van der Waals surface area contributed by atoms with Gasteiger partial charge >= 0.3 is 0 Å². The van der Waals surface area contributed by atoms with Gasteiger partial charge in [0.1, 0.15) is 11.8 Å². The quantitative estimate of drug-likeness (QED) is 0.555. The molecule has 2 N–H and O–H groups in total. The van der Waals surface area contributed by atoms with E-state index >= 15 is 0 Å². The number of nitrogens with zero attached hydrogens (tertiary/aromatic N) is 1. The maximum absolute atomic E-state index is 13.3. The predicted molar refractivity (Wildman–Crippen MR) is 111 cm³/mol. The first-order valence-corrected chi connectivity index (χ1v) is 10.0. The molecule has 6 rings (SSSR count). The molecule has 2 aliphatic rings. The molecule has 30 heavy (non-hydrogen) atoms. The maximum atomic E-state index is 13.3. The number of fused-ring (bicyclic) bond motifs is 7. The summed E-state index contributed by atoms with van der Waals surface area (Å²) in [6.07, 6.45) is 2.05. The summed E-state index contributed by atoms with van der Waals surface area (Å²) in [6, 6.07) is 18.5. The third kappa shape index (κ3) is 2.37. The van der Waals surface area contributed by atoms with Gasteiger partial charge in [0.05, 0.1) is 18.8 Å². The van der Waals surface area contributed by atoms with Gasteiger partial charge in [0.15, 0.2) is 0 Å². The molecule has 148 valence electrons. The molecule has 2 atom stereocenters. The topological polar surface area (TPSA) is 78.3 Å². The molecular formula is C24H19N3O3. The lowest BCUT2D eigenvalue weighted by Crippen LogP contribution is -2.52. The van der Waals surface area contributed by atoms with E-state index in [1.54, 1.807) is 17.2 Å². The van der Waals surface area contributed by atoms with Crippen LogP contribution in [0.25, 0.3) is 10.9 Å². The maximum Gasteiger partial charge on any atom is 0.255 e. The summed E-state index contributed by atoms with van der Waals surface area (Å²) in [4.78, 5) is 31.8.